The van der Waals surface area contributed by atoms with Crippen molar-refractivity contribution in [3.8, 4) is 17.1 Å². The monoisotopic (exact) mass is 449 g/mol. The molecule has 0 aliphatic rings. The Labute approximate surface area is 180 Å². The molecular formula is C20H18F3N5O4. The third-order valence-electron chi connectivity index (χ3n) is 4.07. The lowest BCUT2D eigenvalue weighted by Crippen LogP contribution is -2.30. The zero-order chi connectivity index (χ0) is 23.1. The van der Waals surface area contributed by atoms with Crippen LogP contribution in [0.1, 0.15) is 11.1 Å². The summed E-state index contributed by atoms with van der Waals surface area (Å²) < 4.78 is 46.1. The van der Waals surface area contributed by atoms with Gasteiger partial charge in [-0.3, -0.25) is 4.79 Å². The molecule has 32 heavy (non-hydrogen) atoms. The lowest BCUT2D eigenvalue weighted by atomic mass is 10.1. The van der Waals surface area contributed by atoms with Crippen LogP contribution in [0.5, 0.6) is 5.75 Å². The van der Waals surface area contributed by atoms with Gasteiger partial charge < -0.3 is 14.8 Å². The van der Waals surface area contributed by atoms with E-state index in [2.05, 4.69) is 25.5 Å². The molecule has 168 valence electrons. The van der Waals surface area contributed by atoms with Crippen LogP contribution in [0.2, 0.25) is 0 Å². The second-order valence-electron chi connectivity index (χ2n) is 6.60. The number of alkyl halides is 3. The second kappa shape index (κ2) is 9.90. The molecular weight excluding hydrogens is 431 g/mol. The average molecular weight is 449 g/mol. The van der Waals surface area contributed by atoms with Crippen LogP contribution in [0, 0.1) is 6.92 Å². The van der Waals surface area contributed by atoms with Gasteiger partial charge in [-0.25, -0.2) is 4.79 Å². The highest BCUT2D eigenvalue weighted by Crippen LogP contribution is 2.26. The van der Waals surface area contributed by atoms with E-state index in [4.69, 9.17) is 4.74 Å². The molecule has 2 aromatic carbocycles. The van der Waals surface area contributed by atoms with Crippen molar-refractivity contribution >= 4 is 11.9 Å². The molecule has 0 saturated heterocycles. The number of carbonyl (C=O) groups excluding carboxylic acids is 2. The number of rotatable bonds is 8. The van der Waals surface area contributed by atoms with Gasteiger partial charge in [0.25, 0.3) is 5.91 Å². The lowest BCUT2D eigenvalue weighted by Gasteiger charge is -2.13. The van der Waals surface area contributed by atoms with E-state index in [1.807, 2.05) is 31.2 Å². The molecule has 0 spiro atoms. The van der Waals surface area contributed by atoms with Gasteiger partial charge in [0.05, 0.1) is 0 Å². The van der Waals surface area contributed by atoms with Crippen molar-refractivity contribution in [1.29, 1.82) is 0 Å². The Hall–Kier alpha value is -3.96. The normalized spacial score (nSPS) is 11.1. The van der Waals surface area contributed by atoms with Crippen LogP contribution < -0.4 is 10.1 Å². The number of aryl methyl sites for hydroxylation is 1. The third-order valence-corrected chi connectivity index (χ3v) is 4.07. The summed E-state index contributed by atoms with van der Waals surface area (Å²) in [6, 6.07) is 12.8. The van der Waals surface area contributed by atoms with Crippen molar-refractivity contribution in [3.05, 3.63) is 59.7 Å². The number of carbonyl (C=O) groups is 2. The smallest absolute Gasteiger partial charge is 0.454 e. The topological polar surface area (TPSA) is 108 Å². The van der Waals surface area contributed by atoms with Gasteiger partial charge in [0.15, 0.2) is 13.2 Å². The minimum absolute atomic E-state index is 0.111. The van der Waals surface area contributed by atoms with E-state index in [0.717, 1.165) is 22.0 Å². The first kappa shape index (κ1) is 22.7. The summed E-state index contributed by atoms with van der Waals surface area (Å²) in [4.78, 5) is 24.8. The summed E-state index contributed by atoms with van der Waals surface area (Å²) in [5.41, 5.74) is 1.91. The van der Waals surface area contributed by atoms with Crippen LogP contribution in [0.4, 0.5) is 13.2 Å². The molecule has 0 bridgehead atoms. The molecule has 1 aromatic heterocycles. The Morgan fingerprint density at radius 1 is 1.09 bits per heavy atom. The maximum Gasteiger partial charge on any atom is 0.573 e. The Morgan fingerprint density at radius 2 is 1.81 bits per heavy atom. The van der Waals surface area contributed by atoms with Gasteiger partial charge in [0, 0.05) is 17.7 Å². The number of ether oxygens (including phenoxy) is 2. The zero-order valence-electron chi connectivity index (χ0n) is 16.8. The van der Waals surface area contributed by atoms with Gasteiger partial charge in [0.2, 0.25) is 5.82 Å². The number of hydrogen-bond acceptors (Lipinski definition) is 7. The van der Waals surface area contributed by atoms with E-state index in [0.29, 0.717) is 5.82 Å². The maximum absolute atomic E-state index is 12.4. The van der Waals surface area contributed by atoms with E-state index in [-0.39, 0.29) is 18.7 Å². The van der Waals surface area contributed by atoms with Crippen LogP contribution in [-0.4, -0.2) is 45.1 Å². The van der Waals surface area contributed by atoms with E-state index < -0.39 is 30.6 Å². The molecule has 12 heteroatoms. The van der Waals surface area contributed by atoms with Crippen molar-refractivity contribution in [2.24, 2.45) is 0 Å². The number of nitrogens with zero attached hydrogens (tertiary/aromatic N) is 4. The number of esters is 1. The summed E-state index contributed by atoms with van der Waals surface area (Å²) in [7, 11) is 0. The molecule has 1 heterocycles. The number of aromatic nitrogens is 4. The highest BCUT2D eigenvalue weighted by atomic mass is 19.4. The Bertz CT molecular complexity index is 1080. The molecule has 9 nitrogen and oxygen atoms in total. The summed E-state index contributed by atoms with van der Waals surface area (Å²) in [6.45, 7) is 0.706. The lowest BCUT2D eigenvalue weighted by molar-refractivity contribution is -0.274. The molecule has 3 rings (SSSR count). The molecule has 3 aromatic rings. The van der Waals surface area contributed by atoms with Crippen molar-refractivity contribution < 1.29 is 32.2 Å². The Balaban J connectivity index is 1.46. The summed E-state index contributed by atoms with van der Waals surface area (Å²) in [5.74, 6) is -1.59. The third kappa shape index (κ3) is 6.79. The van der Waals surface area contributed by atoms with Crippen molar-refractivity contribution in [2.45, 2.75) is 26.4 Å². The van der Waals surface area contributed by atoms with Gasteiger partial charge in [-0.15, -0.1) is 23.4 Å². The van der Waals surface area contributed by atoms with Crippen molar-refractivity contribution in [2.75, 3.05) is 6.61 Å². The Kier molecular flexibility index (Phi) is 7.03. The molecule has 1 N–H and O–H groups in total. The van der Waals surface area contributed by atoms with Gasteiger partial charge >= 0.3 is 12.3 Å². The highest BCUT2D eigenvalue weighted by molar-refractivity contribution is 5.80. The number of nitrogens with one attached hydrogen (secondary N) is 1. The van der Waals surface area contributed by atoms with E-state index in [1.54, 1.807) is 0 Å². The van der Waals surface area contributed by atoms with Crippen LogP contribution in [0.25, 0.3) is 11.4 Å². The molecule has 0 aliphatic heterocycles. The minimum atomic E-state index is -4.86. The van der Waals surface area contributed by atoms with Crippen LogP contribution in [-0.2, 0) is 27.4 Å². The largest absolute Gasteiger partial charge is 0.573 e. The van der Waals surface area contributed by atoms with Gasteiger partial charge in [-0.1, -0.05) is 48.0 Å². The van der Waals surface area contributed by atoms with Crippen molar-refractivity contribution in [1.82, 2.24) is 25.5 Å². The predicted molar refractivity (Wildman–Crippen MR) is 104 cm³/mol. The molecule has 0 aliphatic carbocycles. The number of amides is 1. The van der Waals surface area contributed by atoms with Gasteiger partial charge in [-0.05, 0) is 18.2 Å². The first-order valence-corrected chi connectivity index (χ1v) is 9.30. The summed E-state index contributed by atoms with van der Waals surface area (Å²) >= 11 is 0. The SMILES string of the molecule is Cc1ccc(-c2nnn(CC(=O)OCC(=O)NCc3ccccc3OC(F)(F)F)n2)cc1. The van der Waals surface area contributed by atoms with E-state index >= 15 is 0 Å². The van der Waals surface area contributed by atoms with Crippen LogP contribution in [0.15, 0.2) is 48.5 Å². The second-order valence-corrected chi connectivity index (χ2v) is 6.60. The highest BCUT2D eigenvalue weighted by Gasteiger charge is 2.32. The van der Waals surface area contributed by atoms with E-state index in [9.17, 15) is 22.8 Å². The zero-order valence-corrected chi connectivity index (χ0v) is 16.8. The van der Waals surface area contributed by atoms with Crippen LogP contribution >= 0.6 is 0 Å². The molecule has 0 radical (unpaired) electrons. The fraction of sp³-hybridized carbons (Fsp3) is 0.250. The molecule has 0 unspecified atom stereocenters. The minimum Gasteiger partial charge on any atom is -0.454 e. The Morgan fingerprint density at radius 3 is 2.53 bits per heavy atom. The van der Waals surface area contributed by atoms with Crippen molar-refractivity contribution in [3.63, 3.8) is 0 Å². The summed E-state index contributed by atoms with van der Waals surface area (Å²) in [5, 5.41) is 14.1. The maximum atomic E-state index is 12.4. The fourth-order valence-electron chi connectivity index (χ4n) is 2.55. The average Bonchev–Trinajstić information content (AvgIpc) is 3.19. The predicted octanol–water partition coefficient (Wildman–Crippen LogP) is 2.41. The van der Waals surface area contributed by atoms with Crippen LogP contribution in [0.3, 0.4) is 0 Å². The number of halogens is 3. The number of tetrazole rings is 1. The van der Waals surface area contributed by atoms with Gasteiger partial charge in [-0.2, -0.15) is 4.80 Å². The standard InChI is InChI=1S/C20H18F3N5O4/c1-13-6-8-14(9-7-13)19-25-27-28(26-19)11-18(30)31-12-17(29)24-10-15-4-2-3-5-16(15)32-20(21,22)23/h2-9H,10-12H2,1H3,(H,24,29). The summed E-state index contributed by atoms with van der Waals surface area (Å²) in [6.07, 6.45) is -4.86. The number of hydrogen-bond donors (Lipinski definition) is 1. The number of benzene rings is 2. The molecule has 0 saturated carbocycles. The number of para-hydroxylation sites is 1. The first-order valence-electron chi connectivity index (χ1n) is 9.30. The van der Waals surface area contributed by atoms with Gasteiger partial charge in [0.1, 0.15) is 5.75 Å². The van der Waals surface area contributed by atoms with E-state index in [1.165, 1.54) is 18.2 Å². The quantitative estimate of drug-likeness (QED) is 0.526. The molecule has 0 atom stereocenters. The fourth-order valence-corrected chi connectivity index (χ4v) is 2.55. The molecule has 1 amide bonds. The first-order chi connectivity index (χ1) is 15.2. The molecule has 0 fully saturated rings.